The first-order chi connectivity index (χ1) is 12.2. The molecule has 0 saturated heterocycles. The zero-order valence-corrected chi connectivity index (χ0v) is 14.4. The van der Waals surface area contributed by atoms with E-state index in [-0.39, 0.29) is 12.6 Å². The van der Waals surface area contributed by atoms with Crippen LogP contribution in [-0.4, -0.2) is 24.8 Å². The maximum absolute atomic E-state index is 12.2. The van der Waals surface area contributed by atoms with Gasteiger partial charge >= 0.3 is 6.03 Å². The summed E-state index contributed by atoms with van der Waals surface area (Å²) in [5.74, 6) is 0.606. The normalized spacial score (nSPS) is 14.3. The SMILES string of the molecule is COc1ccccc1[C@H](O)CNC(=O)Nc1cccc2c1CCCC2. The van der Waals surface area contributed by atoms with E-state index in [2.05, 4.69) is 16.7 Å². The first-order valence-corrected chi connectivity index (χ1v) is 8.65. The van der Waals surface area contributed by atoms with Crippen molar-refractivity contribution in [1.82, 2.24) is 5.32 Å². The molecular formula is C20H24N2O3. The lowest BCUT2D eigenvalue weighted by Crippen LogP contribution is -2.33. The molecule has 1 aliphatic carbocycles. The molecule has 5 heteroatoms. The number of benzene rings is 2. The predicted molar refractivity (Wildman–Crippen MR) is 98.1 cm³/mol. The number of rotatable bonds is 5. The number of fused-ring (bicyclic) bond motifs is 1. The molecule has 1 atom stereocenters. The van der Waals surface area contributed by atoms with Crippen LogP contribution in [0.5, 0.6) is 5.75 Å². The Morgan fingerprint density at radius 3 is 2.80 bits per heavy atom. The molecule has 132 valence electrons. The van der Waals surface area contributed by atoms with E-state index in [1.165, 1.54) is 17.5 Å². The number of aliphatic hydroxyl groups excluding tert-OH is 1. The van der Waals surface area contributed by atoms with E-state index in [1.807, 2.05) is 24.3 Å². The van der Waals surface area contributed by atoms with Crippen molar-refractivity contribution >= 4 is 11.7 Å². The van der Waals surface area contributed by atoms with Gasteiger partial charge in [0.05, 0.1) is 13.2 Å². The quantitative estimate of drug-likeness (QED) is 0.781. The van der Waals surface area contributed by atoms with Gasteiger partial charge < -0.3 is 20.5 Å². The van der Waals surface area contributed by atoms with Crippen molar-refractivity contribution < 1.29 is 14.6 Å². The van der Waals surface area contributed by atoms with Gasteiger partial charge in [0.15, 0.2) is 0 Å². The van der Waals surface area contributed by atoms with Crippen molar-refractivity contribution in [3.63, 3.8) is 0 Å². The molecule has 0 aliphatic heterocycles. The summed E-state index contributed by atoms with van der Waals surface area (Å²) in [7, 11) is 1.56. The summed E-state index contributed by atoms with van der Waals surface area (Å²) in [5, 5.41) is 16.0. The summed E-state index contributed by atoms with van der Waals surface area (Å²) < 4.78 is 5.24. The second-order valence-electron chi connectivity index (χ2n) is 6.24. The number of amides is 2. The van der Waals surface area contributed by atoms with Crippen LogP contribution in [-0.2, 0) is 12.8 Å². The number of hydrogen-bond donors (Lipinski definition) is 3. The number of hydrogen-bond acceptors (Lipinski definition) is 3. The van der Waals surface area contributed by atoms with Crippen LogP contribution in [0.1, 0.15) is 35.6 Å². The topological polar surface area (TPSA) is 70.6 Å². The van der Waals surface area contributed by atoms with Crippen molar-refractivity contribution in [2.24, 2.45) is 0 Å². The Bertz CT molecular complexity index is 745. The smallest absolute Gasteiger partial charge is 0.319 e. The Kier molecular flexibility index (Phi) is 5.56. The second kappa shape index (κ2) is 8.03. The van der Waals surface area contributed by atoms with E-state index < -0.39 is 6.10 Å². The fourth-order valence-electron chi connectivity index (χ4n) is 3.31. The second-order valence-corrected chi connectivity index (χ2v) is 6.24. The number of methoxy groups -OCH3 is 1. The minimum atomic E-state index is -0.827. The third kappa shape index (κ3) is 4.12. The van der Waals surface area contributed by atoms with Crippen molar-refractivity contribution in [3.05, 3.63) is 59.2 Å². The fourth-order valence-corrected chi connectivity index (χ4v) is 3.31. The van der Waals surface area contributed by atoms with E-state index in [0.717, 1.165) is 24.9 Å². The van der Waals surface area contributed by atoms with Gasteiger partial charge in [0.2, 0.25) is 0 Å². The maximum Gasteiger partial charge on any atom is 0.319 e. The van der Waals surface area contributed by atoms with Gasteiger partial charge in [-0.2, -0.15) is 0 Å². The lowest BCUT2D eigenvalue weighted by molar-refractivity contribution is 0.171. The van der Waals surface area contributed by atoms with Crippen LogP contribution in [0, 0.1) is 0 Å². The van der Waals surface area contributed by atoms with E-state index in [9.17, 15) is 9.90 Å². The molecular weight excluding hydrogens is 316 g/mol. The Balaban J connectivity index is 1.60. The molecule has 3 rings (SSSR count). The average Bonchev–Trinajstić information content (AvgIpc) is 2.66. The van der Waals surface area contributed by atoms with Crippen molar-refractivity contribution in [1.29, 1.82) is 0 Å². The van der Waals surface area contributed by atoms with Crippen LogP contribution in [0.3, 0.4) is 0 Å². The van der Waals surface area contributed by atoms with Crippen LogP contribution < -0.4 is 15.4 Å². The number of ether oxygens (including phenoxy) is 1. The lowest BCUT2D eigenvalue weighted by Gasteiger charge is -2.20. The molecule has 25 heavy (non-hydrogen) atoms. The van der Waals surface area contributed by atoms with E-state index >= 15 is 0 Å². The summed E-state index contributed by atoms with van der Waals surface area (Å²) in [6.45, 7) is 0.112. The van der Waals surface area contributed by atoms with Crippen molar-refractivity contribution in [2.45, 2.75) is 31.8 Å². The van der Waals surface area contributed by atoms with Gasteiger partial charge in [-0.15, -0.1) is 0 Å². The third-order valence-electron chi connectivity index (χ3n) is 4.60. The maximum atomic E-state index is 12.2. The molecule has 0 bridgehead atoms. The van der Waals surface area contributed by atoms with Gasteiger partial charge in [0.1, 0.15) is 5.75 Å². The van der Waals surface area contributed by atoms with Crippen LogP contribution in [0.25, 0.3) is 0 Å². The van der Waals surface area contributed by atoms with Crippen molar-refractivity contribution in [2.75, 3.05) is 19.0 Å². The van der Waals surface area contributed by atoms with Crippen LogP contribution in [0.15, 0.2) is 42.5 Å². The number of aliphatic hydroxyl groups is 1. The molecule has 2 aromatic rings. The fraction of sp³-hybridized carbons (Fsp3) is 0.350. The van der Waals surface area contributed by atoms with Gasteiger partial charge in [0.25, 0.3) is 0 Å². The highest BCUT2D eigenvalue weighted by molar-refractivity contribution is 5.90. The number of carbonyl (C=O) groups is 1. The first-order valence-electron chi connectivity index (χ1n) is 8.65. The van der Waals surface area contributed by atoms with Gasteiger partial charge in [-0.1, -0.05) is 30.3 Å². The highest BCUT2D eigenvalue weighted by Crippen LogP contribution is 2.28. The van der Waals surface area contributed by atoms with E-state index in [0.29, 0.717) is 11.3 Å². The monoisotopic (exact) mass is 340 g/mol. The number of nitrogens with one attached hydrogen (secondary N) is 2. The highest BCUT2D eigenvalue weighted by Gasteiger charge is 2.16. The van der Waals surface area contributed by atoms with Crippen LogP contribution >= 0.6 is 0 Å². The van der Waals surface area contributed by atoms with Gasteiger partial charge in [-0.05, 0) is 48.9 Å². The number of aryl methyl sites for hydroxylation is 1. The Morgan fingerprint density at radius 1 is 1.16 bits per heavy atom. The predicted octanol–water partition coefficient (Wildman–Crippen LogP) is 3.43. The molecule has 1 aliphatic rings. The molecule has 0 aromatic heterocycles. The first kappa shape index (κ1) is 17.3. The average molecular weight is 340 g/mol. The zero-order valence-electron chi connectivity index (χ0n) is 14.4. The van der Waals surface area contributed by atoms with Gasteiger partial charge in [-0.25, -0.2) is 4.79 Å². The number of para-hydroxylation sites is 1. The summed E-state index contributed by atoms with van der Waals surface area (Å²) >= 11 is 0. The summed E-state index contributed by atoms with van der Waals surface area (Å²) in [6.07, 6.45) is 3.59. The summed E-state index contributed by atoms with van der Waals surface area (Å²) in [6, 6.07) is 13.0. The Labute approximate surface area is 148 Å². The molecule has 0 fully saturated rings. The number of carbonyl (C=O) groups excluding carboxylic acids is 1. The molecule has 3 N–H and O–H groups in total. The summed E-state index contributed by atoms with van der Waals surface area (Å²) in [5.41, 5.74) is 4.07. The number of anilines is 1. The largest absolute Gasteiger partial charge is 0.496 e. The molecule has 2 amide bonds. The minimum Gasteiger partial charge on any atom is -0.496 e. The van der Waals surface area contributed by atoms with Crippen LogP contribution in [0.4, 0.5) is 10.5 Å². The van der Waals surface area contributed by atoms with Gasteiger partial charge in [-0.3, -0.25) is 0 Å². The molecule has 5 nitrogen and oxygen atoms in total. The standard InChI is InChI=1S/C20H24N2O3/c1-25-19-12-5-4-10-16(19)18(23)13-21-20(24)22-17-11-6-8-14-7-2-3-9-15(14)17/h4-6,8,10-12,18,23H,2-3,7,9,13H2,1H3,(H2,21,22,24)/t18-/m1/s1. The molecule has 0 unspecified atom stereocenters. The molecule has 0 radical (unpaired) electrons. The van der Waals surface area contributed by atoms with Crippen molar-refractivity contribution in [3.8, 4) is 5.75 Å². The number of urea groups is 1. The zero-order chi connectivity index (χ0) is 17.6. The van der Waals surface area contributed by atoms with Gasteiger partial charge in [0, 0.05) is 17.8 Å². The van der Waals surface area contributed by atoms with E-state index in [1.54, 1.807) is 19.2 Å². The molecule has 0 spiro atoms. The third-order valence-corrected chi connectivity index (χ3v) is 4.60. The minimum absolute atomic E-state index is 0.112. The lowest BCUT2D eigenvalue weighted by atomic mass is 9.90. The Morgan fingerprint density at radius 2 is 1.96 bits per heavy atom. The van der Waals surface area contributed by atoms with Crippen LogP contribution in [0.2, 0.25) is 0 Å². The van der Waals surface area contributed by atoms with E-state index in [4.69, 9.17) is 4.74 Å². The summed E-state index contributed by atoms with van der Waals surface area (Å²) in [4.78, 5) is 12.2. The highest BCUT2D eigenvalue weighted by atomic mass is 16.5. The molecule has 2 aromatic carbocycles. The molecule has 0 saturated carbocycles. The molecule has 0 heterocycles. The Hall–Kier alpha value is -2.53.